The fraction of sp³-hybridized carbons (Fsp3) is 0.643. The predicted molar refractivity (Wildman–Crippen MR) is 74.9 cm³/mol. The van der Waals surface area contributed by atoms with E-state index in [1.54, 1.807) is 11.0 Å². The Bertz CT molecular complexity index is 498. The summed E-state index contributed by atoms with van der Waals surface area (Å²) in [6, 6.07) is 1.66. The molecular weight excluding hydrogens is 274 g/mol. The lowest BCUT2D eigenvalue weighted by Gasteiger charge is -2.26. The van der Waals surface area contributed by atoms with E-state index in [9.17, 15) is 9.59 Å². The van der Waals surface area contributed by atoms with Crippen LogP contribution in [0.5, 0.6) is 0 Å². The maximum absolute atomic E-state index is 11.9. The van der Waals surface area contributed by atoms with E-state index in [1.807, 2.05) is 0 Å². The zero-order valence-corrected chi connectivity index (χ0v) is 12.4. The van der Waals surface area contributed by atoms with E-state index in [-0.39, 0.29) is 17.7 Å². The van der Waals surface area contributed by atoms with Gasteiger partial charge < -0.3 is 19.5 Å². The third kappa shape index (κ3) is 4.47. The largest absolute Gasteiger partial charge is 0.449 e. The molecule has 1 aromatic rings. The number of cyclic esters (lactones) is 1. The molecule has 21 heavy (non-hydrogen) atoms. The molecule has 1 aromatic heterocycles. The van der Waals surface area contributed by atoms with Crippen molar-refractivity contribution in [2.45, 2.75) is 26.7 Å². The zero-order chi connectivity index (χ0) is 15.2. The van der Waals surface area contributed by atoms with Crippen molar-refractivity contribution >= 4 is 12.0 Å². The summed E-state index contributed by atoms with van der Waals surface area (Å²) in [7, 11) is 0. The topological polar surface area (TPSA) is 84.7 Å². The summed E-state index contributed by atoms with van der Waals surface area (Å²) in [5, 5.41) is 6.48. The maximum Gasteiger partial charge on any atom is 0.409 e. The molecule has 0 aromatic carbocycles. The van der Waals surface area contributed by atoms with Crippen LogP contribution in [0.3, 0.4) is 0 Å². The summed E-state index contributed by atoms with van der Waals surface area (Å²) in [6.45, 7) is 6.07. The second kappa shape index (κ2) is 7.10. The quantitative estimate of drug-likeness (QED) is 0.858. The highest BCUT2D eigenvalue weighted by atomic mass is 16.6. The molecule has 2 amide bonds. The summed E-state index contributed by atoms with van der Waals surface area (Å²) in [5.74, 6) is 0.855. The van der Waals surface area contributed by atoms with Gasteiger partial charge in [-0.1, -0.05) is 19.0 Å². The minimum atomic E-state index is -0.323. The number of hydrogen-bond donors (Lipinski definition) is 1. The molecule has 116 valence electrons. The summed E-state index contributed by atoms with van der Waals surface area (Å²) < 4.78 is 10.0. The molecule has 1 fully saturated rings. The Labute approximate surface area is 123 Å². The molecule has 1 saturated heterocycles. The minimum absolute atomic E-state index is 0.270. The number of aromatic nitrogens is 1. The molecule has 1 aliphatic heterocycles. The van der Waals surface area contributed by atoms with Crippen LogP contribution in [0.25, 0.3) is 0 Å². The highest BCUT2D eigenvalue weighted by molar-refractivity contribution is 5.92. The van der Waals surface area contributed by atoms with Crippen molar-refractivity contribution in [1.82, 2.24) is 15.4 Å². The number of hydrogen-bond acceptors (Lipinski definition) is 5. The lowest BCUT2D eigenvalue weighted by molar-refractivity contribution is 0.0718. The van der Waals surface area contributed by atoms with Crippen molar-refractivity contribution in [3.05, 3.63) is 17.5 Å². The Hall–Kier alpha value is -2.05. The average molecular weight is 295 g/mol. The molecule has 0 saturated carbocycles. The Balaban J connectivity index is 1.76. The minimum Gasteiger partial charge on any atom is -0.449 e. The van der Waals surface area contributed by atoms with Gasteiger partial charge in [0.1, 0.15) is 5.76 Å². The molecule has 0 bridgehead atoms. The smallest absolute Gasteiger partial charge is 0.409 e. The first-order chi connectivity index (χ1) is 10.1. The van der Waals surface area contributed by atoms with Crippen LogP contribution >= 0.6 is 0 Å². The summed E-state index contributed by atoms with van der Waals surface area (Å²) in [5.41, 5.74) is 0.270. The predicted octanol–water partition coefficient (Wildman–Crippen LogP) is 1.45. The molecule has 0 atom stereocenters. The van der Waals surface area contributed by atoms with Gasteiger partial charge in [0.05, 0.1) is 6.61 Å². The molecule has 0 aliphatic carbocycles. The third-order valence-electron chi connectivity index (χ3n) is 3.12. The number of ether oxygens (including phenoxy) is 1. The number of nitrogens with one attached hydrogen (secondary N) is 1. The van der Waals surface area contributed by atoms with E-state index in [0.717, 1.165) is 12.8 Å². The first-order valence-electron chi connectivity index (χ1n) is 7.21. The molecule has 1 N–H and O–H groups in total. The van der Waals surface area contributed by atoms with Crippen LogP contribution in [0.15, 0.2) is 10.6 Å². The first-order valence-corrected chi connectivity index (χ1v) is 7.21. The van der Waals surface area contributed by atoms with Crippen molar-refractivity contribution in [3.8, 4) is 0 Å². The average Bonchev–Trinajstić information content (AvgIpc) is 2.88. The van der Waals surface area contributed by atoms with E-state index < -0.39 is 0 Å². The molecule has 0 unspecified atom stereocenters. The van der Waals surface area contributed by atoms with Crippen molar-refractivity contribution in [1.29, 1.82) is 0 Å². The van der Waals surface area contributed by atoms with Gasteiger partial charge in [-0.05, 0) is 12.3 Å². The third-order valence-corrected chi connectivity index (χ3v) is 3.12. The van der Waals surface area contributed by atoms with E-state index >= 15 is 0 Å². The van der Waals surface area contributed by atoms with Gasteiger partial charge in [-0.15, -0.1) is 0 Å². The summed E-state index contributed by atoms with van der Waals surface area (Å²) in [4.78, 5) is 24.9. The van der Waals surface area contributed by atoms with E-state index in [4.69, 9.17) is 9.26 Å². The van der Waals surface area contributed by atoms with Crippen LogP contribution in [-0.4, -0.2) is 48.3 Å². The Morgan fingerprint density at radius 3 is 3.05 bits per heavy atom. The number of nitrogens with zero attached hydrogens (tertiary/aromatic N) is 2. The van der Waals surface area contributed by atoms with E-state index in [0.29, 0.717) is 37.9 Å². The van der Waals surface area contributed by atoms with E-state index in [1.165, 1.54) is 0 Å². The Kier molecular flexibility index (Phi) is 5.19. The van der Waals surface area contributed by atoms with E-state index in [2.05, 4.69) is 24.3 Å². The second-order valence-corrected chi connectivity index (χ2v) is 5.49. The molecule has 0 spiro atoms. The highest BCUT2D eigenvalue weighted by Gasteiger charge is 2.19. The molecule has 2 rings (SSSR count). The zero-order valence-electron chi connectivity index (χ0n) is 12.4. The van der Waals surface area contributed by atoms with Gasteiger partial charge >= 0.3 is 6.09 Å². The lowest BCUT2D eigenvalue weighted by atomic mass is 10.1. The molecule has 7 nitrogen and oxygen atoms in total. The van der Waals surface area contributed by atoms with Gasteiger partial charge in [0.15, 0.2) is 5.69 Å². The monoisotopic (exact) mass is 295 g/mol. The fourth-order valence-electron chi connectivity index (χ4n) is 2.11. The number of carbonyl (C=O) groups is 2. The Morgan fingerprint density at radius 1 is 1.52 bits per heavy atom. The Morgan fingerprint density at radius 2 is 2.33 bits per heavy atom. The van der Waals surface area contributed by atoms with Crippen molar-refractivity contribution in [3.63, 3.8) is 0 Å². The van der Waals surface area contributed by atoms with Crippen molar-refractivity contribution < 1.29 is 18.8 Å². The summed E-state index contributed by atoms with van der Waals surface area (Å²) >= 11 is 0. The molecule has 2 heterocycles. The number of amides is 2. The van der Waals surface area contributed by atoms with Gasteiger partial charge in [-0.3, -0.25) is 4.79 Å². The van der Waals surface area contributed by atoms with Crippen LogP contribution in [-0.2, 0) is 11.2 Å². The first kappa shape index (κ1) is 15.3. The second-order valence-electron chi connectivity index (χ2n) is 5.49. The molecule has 7 heteroatoms. The van der Waals surface area contributed by atoms with Gasteiger partial charge in [0.25, 0.3) is 5.91 Å². The maximum atomic E-state index is 11.9. The molecular formula is C14H21N3O4. The van der Waals surface area contributed by atoms with Crippen LogP contribution in [0, 0.1) is 5.92 Å². The van der Waals surface area contributed by atoms with Crippen molar-refractivity contribution in [2.75, 3.05) is 26.2 Å². The van der Waals surface area contributed by atoms with Gasteiger partial charge in [0.2, 0.25) is 0 Å². The van der Waals surface area contributed by atoms with Gasteiger partial charge in [0, 0.05) is 32.1 Å². The van der Waals surface area contributed by atoms with Crippen LogP contribution < -0.4 is 5.32 Å². The highest BCUT2D eigenvalue weighted by Crippen LogP contribution is 2.09. The fourth-order valence-corrected chi connectivity index (χ4v) is 2.11. The molecule has 0 radical (unpaired) electrons. The van der Waals surface area contributed by atoms with Gasteiger partial charge in [-0.25, -0.2) is 4.79 Å². The van der Waals surface area contributed by atoms with Crippen LogP contribution in [0.4, 0.5) is 4.79 Å². The van der Waals surface area contributed by atoms with Crippen LogP contribution in [0.1, 0.15) is 36.5 Å². The lowest BCUT2D eigenvalue weighted by Crippen LogP contribution is -2.42. The number of carbonyl (C=O) groups excluding carboxylic acids is 2. The summed E-state index contributed by atoms with van der Waals surface area (Å²) in [6.07, 6.45) is 1.25. The van der Waals surface area contributed by atoms with Crippen LogP contribution in [0.2, 0.25) is 0 Å². The van der Waals surface area contributed by atoms with Crippen molar-refractivity contribution in [2.24, 2.45) is 5.92 Å². The normalized spacial score (nSPS) is 15.2. The standard InChI is InChI=1S/C14H21N3O4/c1-10(2)8-11-9-12(16-21-11)13(18)15-4-6-17-5-3-7-20-14(17)19/h9-10H,3-8H2,1-2H3,(H,15,18). The molecule has 1 aliphatic rings. The SMILES string of the molecule is CC(C)Cc1cc(C(=O)NCCN2CCCOC2=O)no1. The van der Waals surface area contributed by atoms with Gasteiger partial charge in [-0.2, -0.15) is 0 Å². The number of rotatable bonds is 6.